The lowest BCUT2D eigenvalue weighted by molar-refractivity contribution is 0.0701. The van der Waals surface area contributed by atoms with E-state index in [1.807, 2.05) is 0 Å². The number of carboxylic acids is 1. The number of thiazole rings is 1. The summed E-state index contributed by atoms with van der Waals surface area (Å²) in [6, 6.07) is 0. The summed E-state index contributed by atoms with van der Waals surface area (Å²) in [5.74, 6) is -0.866. The molecule has 2 aromatic rings. The molecule has 0 aliphatic heterocycles. The molecule has 1 aliphatic carbocycles. The summed E-state index contributed by atoms with van der Waals surface area (Å²) >= 11 is 1.33. The van der Waals surface area contributed by atoms with Gasteiger partial charge in [0.15, 0.2) is 0 Å². The Balaban J connectivity index is 2.21. The zero-order valence-electron chi connectivity index (χ0n) is 8.06. The Bertz CT molecular complexity index is 541. The van der Waals surface area contributed by atoms with Gasteiger partial charge in [0.25, 0.3) is 0 Å². The van der Waals surface area contributed by atoms with Crippen LogP contribution in [0, 0.1) is 0 Å². The van der Waals surface area contributed by atoms with E-state index in [1.54, 1.807) is 10.7 Å². The van der Waals surface area contributed by atoms with Crippen LogP contribution in [0.2, 0.25) is 0 Å². The first kappa shape index (κ1) is 8.91. The maximum Gasteiger partial charge on any atom is 0.347 e. The molecule has 0 saturated heterocycles. The lowest BCUT2D eigenvalue weighted by atomic mass is 9.99. The second-order valence-corrected chi connectivity index (χ2v) is 4.81. The van der Waals surface area contributed by atoms with Crippen LogP contribution in [-0.2, 0) is 12.8 Å². The van der Waals surface area contributed by atoms with Gasteiger partial charge in [0, 0.05) is 5.56 Å². The van der Waals surface area contributed by atoms with E-state index in [1.165, 1.54) is 29.7 Å². The summed E-state index contributed by atoms with van der Waals surface area (Å²) in [6.45, 7) is 0. The number of aryl methyl sites for hydroxylation is 2. The van der Waals surface area contributed by atoms with E-state index in [9.17, 15) is 4.79 Å². The van der Waals surface area contributed by atoms with E-state index >= 15 is 0 Å². The minimum absolute atomic E-state index is 0.367. The first-order valence-corrected chi connectivity index (χ1v) is 5.80. The van der Waals surface area contributed by atoms with E-state index in [4.69, 9.17) is 5.11 Å². The maximum atomic E-state index is 10.8. The number of aromatic nitrogens is 2. The van der Waals surface area contributed by atoms with Gasteiger partial charge >= 0.3 is 5.97 Å². The smallest absolute Gasteiger partial charge is 0.347 e. The molecule has 0 atom stereocenters. The van der Waals surface area contributed by atoms with E-state index in [-0.39, 0.29) is 0 Å². The number of rotatable bonds is 1. The van der Waals surface area contributed by atoms with Gasteiger partial charge in [-0.05, 0) is 25.7 Å². The zero-order chi connectivity index (χ0) is 10.4. The van der Waals surface area contributed by atoms with E-state index in [2.05, 4.69) is 5.10 Å². The summed E-state index contributed by atoms with van der Waals surface area (Å²) in [7, 11) is 0. The molecule has 0 amide bonds. The van der Waals surface area contributed by atoms with Crippen molar-refractivity contribution in [3.8, 4) is 0 Å². The third-order valence-electron chi connectivity index (χ3n) is 2.79. The fourth-order valence-electron chi connectivity index (χ4n) is 2.08. The van der Waals surface area contributed by atoms with Gasteiger partial charge in [-0.3, -0.25) is 0 Å². The number of aromatic carboxylic acids is 1. The monoisotopic (exact) mass is 222 g/mol. The highest BCUT2D eigenvalue weighted by atomic mass is 32.1. The van der Waals surface area contributed by atoms with Gasteiger partial charge in [0.1, 0.15) is 9.71 Å². The van der Waals surface area contributed by atoms with Crippen molar-refractivity contribution in [2.45, 2.75) is 25.7 Å². The van der Waals surface area contributed by atoms with E-state index in [0.717, 1.165) is 23.4 Å². The summed E-state index contributed by atoms with van der Waals surface area (Å²) in [4.78, 5) is 12.2. The van der Waals surface area contributed by atoms with Crippen LogP contribution in [-0.4, -0.2) is 20.7 Å². The van der Waals surface area contributed by atoms with Crippen LogP contribution >= 0.6 is 11.3 Å². The van der Waals surface area contributed by atoms with Gasteiger partial charge in [-0.2, -0.15) is 5.10 Å². The molecule has 0 bridgehead atoms. The number of hydrogen-bond acceptors (Lipinski definition) is 3. The molecule has 1 N–H and O–H groups in total. The minimum atomic E-state index is -0.866. The average molecular weight is 222 g/mol. The Labute approximate surface area is 90.2 Å². The van der Waals surface area contributed by atoms with Crippen molar-refractivity contribution in [2.24, 2.45) is 0 Å². The van der Waals surface area contributed by atoms with Crippen molar-refractivity contribution in [3.05, 3.63) is 22.3 Å². The highest BCUT2D eigenvalue weighted by Gasteiger charge is 2.19. The molecule has 0 spiro atoms. The first-order valence-electron chi connectivity index (χ1n) is 4.99. The largest absolute Gasteiger partial charge is 0.477 e. The van der Waals surface area contributed by atoms with Crippen LogP contribution < -0.4 is 0 Å². The zero-order valence-corrected chi connectivity index (χ0v) is 8.88. The highest BCUT2D eigenvalue weighted by molar-refractivity contribution is 7.19. The summed E-state index contributed by atoms with van der Waals surface area (Å²) in [5.41, 5.74) is 2.42. The number of carboxylic acid groups (broad SMARTS) is 1. The molecule has 0 saturated carbocycles. The van der Waals surface area contributed by atoms with Gasteiger partial charge in [0.05, 0.1) is 11.9 Å². The molecule has 3 rings (SSSR count). The fourth-order valence-corrected chi connectivity index (χ4v) is 3.06. The topological polar surface area (TPSA) is 54.6 Å². The Kier molecular flexibility index (Phi) is 1.82. The third kappa shape index (κ3) is 1.26. The van der Waals surface area contributed by atoms with Crippen molar-refractivity contribution in [2.75, 3.05) is 0 Å². The predicted octanol–water partition coefficient (Wildman–Crippen LogP) is 1.97. The van der Waals surface area contributed by atoms with Crippen LogP contribution in [0.4, 0.5) is 0 Å². The lowest BCUT2D eigenvalue weighted by Gasteiger charge is -2.07. The van der Waals surface area contributed by atoms with Crippen LogP contribution in [0.3, 0.4) is 0 Å². The van der Waals surface area contributed by atoms with Gasteiger partial charge < -0.3 is 5.11 Å². The first-order chi connectivity index (χ1) is 7.25. The van der Waals surface area contributed by atoms with Crippen LogP contribution in [0.25, 0.3) is 4.83 Å². The van der Waals surface area contributed by atoms with E-state index in [0.29, 0.717) is 4.88 Å². The molecular weight excluding hydrogens is 212 g/mol. The number of nitrogens with zero attached hydrogens (tertiary/aromatic N) is 2. The molecule has 0 aromatic carbocycles. The minimum Gasteiger partial charge on any atom is -0.477 e. The molecule has 0 radical (unpaired) electrons. The molecule has 4 nitrogen and oxygen atoms in total. The molecule has 2 heterocycles. The molecule has 0 unspecified atom stereocenters. The summed E-state index contributed by atoms with van der Waals surface area (Å²) in [5, 5.41) is 13.3. The maximum absolute atomic E-state index is 10.8. The molecule has 78 valence electrons. The SMILES string of the molecule is O=C(O)c1cn2nc3c(c2s1)CCCC3. The normalized spacial score (nSPS) is 15.5. The van der Waals surface area contributed by atoms with Crippen molar-refractivity contribution < 1.29 is 9.90 Å². The second-order valence-electron chi connectivity index (χ2n) is 3.78. The molecule has 2 aromatic heterocycles. The van der Waals surface area contributed by atoms with Crippen molar-refractivity contribution in [1.82, 2.24) is 9.61 Å². The highest BCUT2D eigenvalue weighted by Crippen LogP contribution is 2.29. The summed E-state index contributed by atoms with van der Waals surface area (Å²) < 4.78 is 1.73. The Morgan fingerprint density at radius 1 is 1.47 bits per heavy atom. The Morgan fingerprint density at radius 2 is 2.27 bits per heavy atom. The third-order valence-corrected chi connectivity index (χ3v) is 3.92. The number of hydrogen-bond donors (Lipinski definition) is 1. The number of fused-ring (bicyclic) bond motifs is 3. The quantitative estimate of drug-likeness (QED) is 0.802. The predicted molar refractivity (Wildman–Crippen MR) is 56.7 cm³/mol. The molecule has 15 heavy (non-hydrogen) atoms. The Morgan fingerprint density at radius 3 is 3.07 bits per heavy atom. The van der Waals surface area contributed by atoms with E-state index < -0.39 is 5.97 Å². The Hall–Kier alpha value is -1.36. The van der Waals surface area contributed by atoms with Gasteiger partial charge in [-0.1, -0.05) is 0 Å². The van der Waals surface area contributed by atoms with Gasteiger partial charge in [0.2, 0.25) is 0 Å². The molecule has 0 fully saturated rings. The second kappa shape index (κ2) is 3.06. The lowest BCUT2D eigenvalue weighted by Crippen LogP contribution is -2.00. The van der Waals surface area contributed by atoms with Crippen molar-refractivity contribution >= 4 is 22.1 Å². The molecule has 1 aliphatic rings. The molecular formula is C10H10N2O2S. The van der Waals surface area contributed by atoms with Crippen LogP contribution in [0.1, 0.15) is 33.8 Å². The van der Waals surface area contributed by atoms with Crippen LogP contribution in [0.15, 0.2) is 6.20 Å². The van der Waals surface area contributed by atoms with Crippen molar-refractivity contribution in [1.29, 1.82) is 0 Å². The van der Waals surface area contributed by atoms with Gasteiger partial charge in [-0.15, -0.1) is 11.3 Å². The molecule has 5 heteroatoms. The van der Waals surface area contributed by atoms with Gasteiger partial charge in [-0.25, -0.2) is 9.31 Å². The van der Waals surface area contributed by atoms with Crippen LogP contribution in [0.5, 0.6) is 0 Å². The van der Waals surface area contributed by atoms with Crippen molar-refractivity contribution in [3.63, 3.8) is 0 Å². The standard InChI is InChI=1S/C10H10N2O2S/c13-10(14)8-5-12-9(15-8)6-3-1-2-4-7(6)11-12/h5H,1-4H2,(H,13,14). The average Bonchev–Trinajstić information content (AvgIpc) is 2.73. The number of carbonyl (C=O) groups is 1. The fraction of sp³-hybridized carbons (Fsp3) is 0.400. The summed E-state index contributed by atoms with van der Waals surface area (Å²) in [6.07, 6.45) is 6.07.